The second-order valence-electron chi connectivity index (χ2n) is 11.9. The zero-order valence-corrected chi connectivity index (χ0v) is 28.4. The Morgan fingerprint density at radius 2 is 1.40 bits per heavy atom. The molecule has 3 aliphatic carbocycles. The van der Waals surface area contributed by atoms with Gasteiger partial charge in [-0.3, -0.25) is 14.4 Å². The van der Waals surface area contributed by atoms with Crippen LogP contribution in [0, 0.1) is 23.7 Å². The van der Waals surface area contributed by atoms with Crippen LogP contribution in [0.2, 0.25) is 10.0 Å². The first-order valence-electron chi connectivity index (χ1n) is 16.0. The van der Waals surface area contributed by atoms with E-state index in [-0.39, 0.29) is 53.4 Å². The second kappa shape index (κ2) is 15.5. The number of carbonyl (C=O) groups excluding carboxylic acids is 3. The van der Waals surface area contributed by atoms with Crippen LogP contribution in [0.4, 0.5) is 0 Å². The van der Waals surface area contributed by atoms with Crippen molar-refractivity contribution in [1.82, 2.24) is 0 Å². The fraction of sp³-hybridized carbons (Fsp3) is 0.528. The maximum atomic E-state index is 12.9. The Morgan fingerprint density at radius 1 is 0.822 bits per heavy atom. The molecule has 1 N–H and O–H groups in total. The largest absolute Gasteiger partial charge is 0.511 e. The van der Waals surface area contributed by atoms with Gasteiger partial charge in [-0.15, -0.1) is 0 Å². The number of ketones is 2. The summed E-state index contributed by atoms with van der Waals surface area (Å²) >= 11 is 12.2. The second-order valence-corrected chi connectivity index (χ2v) is 12.8. The van der Waals surface area contributed by atoms with Crippen molar-refractivity contribution in [3.63, 3.8) is 0 Å². The van der Waals surface area contributed by atoms with E-state index in [0.29, 0.717) is 33.7 Å². The molecular formula is C36H44Cl2O7. The van der Waals surface area contributed by atoms with Crippen molar-refractivity contribution in [3.05, 3.63) is 62.3 Å². The highest BCUT2D eigenvalue weighted by molar-refractivity contribution is 6.31. The van der Waals surface area contributed by atoms with E-state index < -0.39 is 0 Å². The minimum atomic E-state index is -0.305. The van der Waals surface area contributed by atoms with Crippen LogP contribution in [-0.2, 0) is 38.4 Å². The molecule has 4 atom stereocenters. The molecule has 9 heteroatoms. The summed E-state index contributed by atoms with van der Waals surface area (Å²) in [4.78, 5) is 37.7. The molecule has 2 aromatic rings. The summed E-state index contributed by atoms with van der Waals surface area (Å²) in [6.45, 7) is 6.17. The first-order valence-corrected chi connectivity index (χ1v) is 16.7. The summed E-state index contributed by atoms with van der Waals surface area (Å²) in [6.07, 6.45) is 6.90. The maximum Gasteiger partial charge on any atom is 0.309 e. The van der Waals surface area contributed by atoms with Crippen LogP contribution in [0.1, 0.15) is 81.5 Å². The van der Waals surface area contributed by atoms with E-state index in [9.17, 15) is 19.5 Å². The van der Waals surface area contributed by atoms with E-state index >= 15 is 0 Å². The van der Waals surface area contributed by atoms with E-state index in [2.05, 4.69) is 0 Å². The molecule has 0 radical (unpaired) electrons. The van der Waals surface area contributed by atoms with Crippen LogP contribution in [0.5, 0.6) is 11.5 Å². The fourth-order valence-electron chi connectivity index (χ4n) is 7.26. The molecule has 244 valence electrons. The third-order valence-electron chi connectivity index (χ3n) is 9.44. The number of methoxy groups -OCH3 is 2. The molecule has 4 unspecified atom stereocenters. The number of fused-ring (bicyclic) bond motifs is 1. The third kappa shape index (κ3) is 7.36. The average molecular weight is 660 g/mol. The number of aryl methyl sites for hydroxylation is 2. The van der Waals surface area contributed by atoms with Crippen LogP contribution in [0.25, 0.3) is 5.57 Å². The molecule has 0 aromatic heterocycles. The van der Waals surface area contributed by atoms with Crippen LogP contribution in [0.3, 0.4) is 0 Å². The normalized spacial score (nSPS) is 22.2. The molecule has 2 fully saturated rings. The monoisotopic (exact) mass is 658 g/mol. The Labute approximate surface area is 276 Å². The van der Waals surface area contributed by atoms with E-state index in [1.807, 2.05) is 26.0 Å². The Kier molecular flexibility index (Phi) is 12.0. The first-order chi connectivity index (χ1) is 21.6. The number of aliphatic hydroxyl groups excluding tert-OH is 1. The topological polar surface area (TPSA) is 99.1 Å². The van der Waals surface area contributed by atoms with Gasteiger partial charge in [-0.25, -0.2) is 0 Å². The van der Waals surface area contributed by atoms with Gasteiger partial charge in [0.1, 0.15) is 23.0 Å². The molecule has 0 saturated heterocycles. The van der Waals surface area contributed by atoms with Gasteiger partial charge in [0.05, 0.1) is 32.3 Å². The van der Waals surface area contributed by atoms with Gasteiger partial charge >= 0.3 is 5.97 Å². The molecule has 0 bridgehead atoms. The summed E-state index contributed by atoms with van der Waals surface area (Å²) in [5.41, 5.74) is 4.01. The number of benzene rings is 2. The standard InChI is InChI=1S/C19H25ClO4.C17H19ClO3/c1-4-12-9-13(20)10-18(23-3)16(12)11-17(21)14-7-6-8-15(14)19(22)24-5-2;1-3-9-7-10(18)8-13(21-2)14(9)15-16(19)11-5-4-6-12(11)17(15)20/h9-10,14-15H,4-8,11H2,1-3H3;7-8,11-12,19H,3-6H2,1-2H3. The van der Waals surface area contributed by atoms with E-state index in [1.165, 1.54) is 0 Å². The molecule has 2 saturated carbocycles. The zero-order valence-electron chi connectivity index (χ0n) is 26.8. The number of aliphatic hydroxyl groups is 1. The van der Waals surface area contributed by atoms with Crippen molar-refractivity contribution in [2.24, 2.45) is 23.7 Å². The lowest BCUT2D eigenvalue weighted by Gasteiger charge is -2.19. The highest BCUT2D eigenvalue weighted by atomic mass is 35.5. The molecule has 0 spiro atoms. The Bertz CT molecular complexity index is 1410. The molecule has 2 aromatic carbocycles. The van der Waals surface area contributed by atoms with Crippen LogP contribution in [0.15, 0.2) is 30.0 Å². The Balaban J connectivity index is 0.000000206. The molecule has 0 amide bonds. The summed E-state index contributed by atoms with van der Waals surface area (Å²) < 4.78 is 16.0. The third-order valence-corrected chi connectivity index (χ3v) is 9.88. The van der Waals surface area contributed by atoms with Gasteiger partial charge < -0.3 is 19.3 Å². The van der Waals surface area contributed by atoms with Crippen LogP contribution >= 0.6 is 23.2 Å². The van der Waals surface area contributed by atoms with Crippen molar-refractivity contribution >= 4 is 46.3 Å². The van der Waals surface area contributed by atoms with Gasteiger partial charge in [0, 0.05) is 45.3 Å². The number of carbonyl (C=O) groups is 3. The number of allylic oxidation sites excluding steroid dienone is 2. The number of esters is 1. The minimum Gasteiger partial charge on any atom is -0.511 e. The van der Waals surface area contributed by atoms with Gasteiger partial charge in [0.2, 0.25) is 0 Å². The SMILES string of the molecule is CCOC(=O)C1CCCC1C(=O)Cc1c(CC)cc(Cl)cc1OC.CCc1cc(Cl)cc(OC)c1C1=C(O)C2CCCC2C1=O. The maximum absolute atomic E-state index is 12.9. The first kappa shape index (κ1) is 34.8. The number of rotatable bonds is 10. The Hall–Kier alpha value is -3.03. The quantitative estimate of drug-likeness (QED) is 0.257. The van der Waals surface area contributed by atoms with Crippen molar-refractivity contribution < 1.29 is 33.7 Å². The molecular weight excluding hydrogens is 615 g/mol. The van der Waals surface area contributed by atoms with Crippen molar-refractivity contribution in [1.29, 1.82) is 0 Å². The lowest BCUT2D eigenvalue weighted by atomic mass is 9.87. The van der Waals surface area contributed by atoms with Gasteiger partial charge in [0.15, 0.2) is 5.78 Å². The lowest BCUT2D eigenvalue weighted by molar-refractivity contribution is -0.151. The van der Waals surface area contributed by atoms with Crippen molar-refractivity contribution in [3.8, 4) is 11.5 Å². The highest BCUT2D eigenvalue weighted by Gasteiger charge is 2.46. The van der Waals surface area contributed by atoms with E-state index in [4.69, 9.17) is 37.4 Å². The zero-order chi connectivity index (χ0) is 32.8. The molecule has 0 aliphatic heterocycles. The Morgan fingerprint density at radius 3 is 2.00 bits per heavy atom. The smallest absolute Gasteiger partial charge is 0.309 e. The fourth-order valence-corrected chi connectivity index (χ4v) is 7.72. The van der Waals surface area contributed by atoms with Gasteiger partial charge in [0.25, 0.3) is 0 Å². The molecule has 0 heterocycles. The average Bonchev–Trinajstić information content (AvgIpc) is 3.77. The van der Waals surface area contributed by atoms with Crippen molar-refractivity contribution in [2.45, 2.75) is 78.6 Å². The molecule has 3 aliphatic rings. The number of hydrogen-bond donors (Lipinski definition) is 1. The van der Waals surface area contributed by atoms with Gasteiger partial charge in [-0.1, -0.05) is 49.9 Å². The molecule has 5 rings (SSSR count). The lowest BCUT2D eigenvalue weighted by Crippen LogP contribution is -2.28. The highest BCUT2D eigenvalue weighted by Crippen LogP contribution is 2.49. The predicted octanol–water partition coefficient (Wildman–Crippen LogP) is 8.18. The number of hydrogen-bond acceptors (Lipinski definition) is 7. The van der Waals surface area contributed by atoms with Gasteiger partial charge in [-0.2, -0.15) is 0 Å². The van der Waals surface area contributed by atoms with Crippen LogP contribution < -0.4 is 9.47 Å². The number of halogens is 2. The number of Topliss-reactive ketones (excluding diaryl/α,β-unsaturated/α-hetero) is 2. The predicted molar refractivity (Wildman–Crippen MR) is 176 cm³/mol. The van der Waals surface area contributed by atoms with E-state index in [1.54, 1.807) is 33.3 Å². The summed E-state index contributed by atoms with van der Waals surface area (Å²) in [6, 6.07) is 7.17. The van der Waals surface area contributed by atoms with Crippen LogP contribution in [-0.4, -0.2) is 43.5 Å². The minimum absolute atomic E-state index is 0.00223. The van der Waals surface area contributed by atoms with E-state index in [0.717, 1.165) is 73.6 Å². The van der Waals surface area contributed by atoms with Crippen molar-refractivity contribution in [2.75, 3.05) is 20.8 Å². The molecule has 7 nitrogen and oxygen atoms in total. The number of ether oxygens (including phenoxy) is 3. The summed E-state index contributed by atoms with van der Waals surface area (Å²) in [7, 11) is 3.14. The summed E-state index contributed by atoms with van der Waals surface area (Å²) in [5, 5.41) is 11.7. The van der Waals surface area contributed by atoms with Gasteiger partial charge in [-0.05, 0) is 80.8 Å². The summed E-state index contributed by atoms with van der Waals surface area (Å²) in [5.74, 6) is 0.737. The molecule has 45 heavy (non-hydrogen) atoms.